The molecule has 1 aromatic heterocycles. The molecular formula is C23H15ClF3N. The van der Waals surface area contributed by atoms with Crippen LogP contribution in [0.1, 0.15) is 5.69 Å². The first-order valence-corrected chi connectivity index (χ1v) is 9.10. The van der Waals surface area contributed by atoms with Gasteiger partial charge < -0.3 is 0 Å². The third kappa shape index (κ3) is 3.73. The lowest BCUT2D eigenvalue weighted by Gasteiger charge is -2.17. The largest absolute Gasteiger partial charge is 0.394 e. The molecule has 0 fully saturated rings. The molecule has 0 aliphatic carbocycles. The van der Waals surface area contributed by atoms with Crippen molar-refractivity contribution < 1.29 is 13.2 Å². The van der Waals surface area contributed by atoms with Gasteiger partial charge in [0.2, 0.25) is 0 Å². The number of hydrogen-bond acceptors (Lipinski definition) is 1. The number of rotatable bonds is 3. The topological polar surface area (TPSA) is 12.9 Å². The van der Waals surface area contributed by atoms with Crippen molar-refractivity contribution in [2.24, 2.45) is 0 Å². The quantitative estimate of drug-likeness (QED) is 0.352. The van der Waals surface area contributed by atoms with E-state index in [4.69, 9.17) is 11.6 Å². The van der Waals surface area contributed by atoms with Gasteiger partial charge >= 0.3 is 6.18 Å². The lowest BCUT2D eigenvalue weighted by Crippen LogP contribution is -2.14. The molecule has 0 unspecified atom stereocenters. The van der Waals surface area contributed by atoms with Crippen LogP contribution in [0, 0.1) is 0 Å². The summed E-state index contributed by atoms with van der Waals surface area (Å²) in [5, 5.41) is 1.58. The van der Waals surface area contributed by atoms with Crippen LogP contribution < -0.4 is 0 Å². The normalized spacial score (nSPS) is 11.7. The van der Waals surface area contributed by atoms with Crippen molar-refractivity contribution in [2.75, 3.05) is 0 Å². The van der Waals surface area contributed by atoms with Gasteiger partial charge in [0, 0.05) is 21.5 Å². The van der Waals surface area contributed by atoms with E-state index in [9.17, 15) is 13.2 Å². The van der Waals surface area contributed by atoms with Gasteiger partial charge in [-0.25, -0.2) is 0 Å². The van der Waals surface area contributed by atoms with E-state index in [0.29, 0.717) is 21.5 Å². The maximum Gasteiger partial charge on any atom is 0.394 e. The Labute approximate surface area is 165 Å². The first-order valence-electron chi connectivity index (χ1n) is 8.72. The zero-order valence-corrected chi connectivity index (χ0v) is 15.4. The van der Waals surface area contributed by atoms with Gasteiger partial charge in [0.05, 0.1) is 17.8 Å². The summed E-state index contributed by atoms with van der Waals surface area (Å²) in [6, 6.07) is 23.7. The van der Waals surface area contributed by atoms with Crippen LogP contribution >= 0.6 is 11.6 Å². The maximum atomic E-state index is 13.2. The molecule has 0 amide bonds. The van der Waals surface area contributed by atoms with Crippen molar-refractivity contribution in [1.82, 2.24) is 4.98 Å². The molecule has 28 heavy (non-hydrogen) atoms. The number of nitrogens with zero attached hydrogens (tertiary/aromatic N) is 1. The summed E-state index contributed by atoms with van der Waals surface area (Å²) in [7, 11) is 0. The van der Waals surface area contributed by atoms with Crippen LogP contribution in [0.4, 0.5) is 13.2 Å². The standard InChI is InChI=1S/C23H15ClF3N/c24-17-11-12-18-19(13-17)21(15-7-3-1-4-8-15)22(16-9-5-2-6-10-16)28-20(18)14-23(25,26)27/h1-13H,14H2. The molecule has 0 N–H and O–H groups in total. The van der Waals surface area contributed by atoms with E-state index in [1.807, 2.05) is 60.7 Å². The highest BCUT2D eigenvalue weighted by Gasteiger charge is 2.30. The van der Waals surface area contributed by atoms with E-state index in [1.165, 1.54) is 0 Å². The SMILES string of the molecule is FC(F)(F)Cc1nc(-c2ccccc2)c(-c2ccccc2)c2cc(Cl)ccc12. The van der Waals surface area contributed by atoms with Gasteiger partial charge in [-0.05, 0) is 23.1 Å². The van der Waals surface area contributed by atoms with Crippen LogP contribution in [0.5, 0.6) is 0 Å². The van der Waals surface area contributed by atoms with Crippen LogP contribution in [-0.2, 0) is 6.42 Å². The van der Waals surface area contributed by atoms with Crippen LogP contribution in [0.25, 0.3) is 33.2 Å². The second-order valence-corrected chi connectivity index (χ2v) is 6.93. The van der Waals surface area contributed by atoms with E-state index < -0.39 is 12.6 Å². The lowest BCUT2D eigenvalue weighted by atomic mass is 9.92. The van der Waals surface area contributed by atoms with Crippen LogP contribution in [-0.4, -0.2) is 11.2 Å². The minimum Gasteiger partial charge on any atom is -0.251 e. The van der Waals surface area contributed by atoms with E-state index in [0.717, 1.165) is 16.7 Å². The third-order valence-electron chi connectivity index (χ3n) is 4.52. The van der Waals surface area contributed by atoms with Crippen molar-refractivity contribution in [3.63, 3.8) is 0 Å². The maximum absolute atomic E-state index is 13.2. The van der Waals surface area contributed by atoms with Crippen molar-refractivity contribution in [3.8, 4) is 22.4 Å². The molecule has 1 nitrogen and oxygen atoms in total. The molecule has 1 heterocycles. The van der Waals surface area contributed by atoms with Gasteiger partial charge in [-0.1, -0.05) is 78.3 Å². The summed E-state index contributed by atoms with van der Waals surface area (Å²) in [4.78, 5) is 4.50. The molecule has 0 aliphatic rings. The predicted octanol–water partition coefficient (Wildman–Crippen LogP) is 7.33. The molecule has 0 radical (unpaired) electrons. The molecule has 0 spiro atoms. The molecule has 0 aliphatic heterocycles. The number of pyridine rings is 1. The Hall–Kier alpha value is -2.85. The Morgan fingerprint density at radius 2 is 1.36 bits per heavy atom. The van der Waals surface area contributed by atoms with E-state index in [-0.39, 0.29) is 5.69 Å². The summed E-state index contributed by atoms with van der Waals surface area (Å²) in [6.45, 7) is 0. The predicted molar refractivity (Wildman–Crippen MR) is 107 cm³/mol. The first-order chi connectivity index (χ1) is 13.4. The highest BCUT2D eigenvalue weighted by atomic mass is 35.5. The second kappa shape index (κ2) is 7.28. The Morgan fingerprint density at radius 1 is 0.750 bits per heavy atom. The minimum atomic E-state index is -4.36. The lowest BCUT2D eigenvalue weighted by molar-refractivity contribution is -0.127. The summed E-state index contributed by atoms with van der Waals surface area (Å²) in [5.74, 6) is 0. The highest BCUT2D eigenvalue weighted by Crippen LogP contribution is 2.40. The smallest absolute Gasteiger partial charge is 0.251 e. The number of hydrogen-bond donors (Lipinski definition) is 0. The van der Waals surface area contributed by atoms with E-state index >= 15 is 0 Å². The molecule has 4 aromatic rings. The minimum absolute atomic E-state index is 0.00213. The van der Waals surface area contributed by atoms with Gasteiger partial charge in [0.15, 0.2) is 0 Å². The van der Waals surface area contributed by atoms with Crippen molar-refractivity contribution >= 4 is 22.4 Å². The van der Waals surface area contributed by atoms with Crippen LogP contribution in [0.3, 0.4) is 0 Å². The third-order valence-corrected chi connectivity index (χ3v) is 4.76. The second-order valence-electron chi connectivity index (χ2n) is 6.50. The van der Waals surface area contributed by atoms with Gasteiger partial charge in [-0.2, -0.15) is 13.2 Å². The molecule has 0 atom stereocenters. The van der Waals surface area contributed by atoms with E-state index in [1.54, 1.807) is 18.2 Å². The van der Waals surface area contributed by atoms with Gasteiger partial charge in [0.25, 0.3) is 0 Å². The Balaban J connectivity index is 2.12. The summed E-state index contributed by atoms with van der Waals surface area (Å²) in [6.07, 6.45) is -5.46. The highest BCUT2D eigenvalue weighted by molar-refractivity contribution is 6.31. The summed E-state index contributed by atoms with van der Waals surface area (Å²) < 4.78 is 39.7. The molecule has 0 saturated carbocycles. The average molecular weight is 398 g/mol. The molecule has 0 saturated heterocycles. The number of halogens is 4. The Bertz CT molecular complexity index is 1120. The fraction of sp³-hybridized carbons (Fsp3) is 0.0870. The monoisotopic (exact) mass is 397 g/mol. The Morgan fingerprint density at radius 3 is 1.96 bits per heavy atom. The number of alkyl halides is 3. The number of fused-ring (bicyclic) bond motifs is 1. The van der Waals surface area contributed by atoms with Crippen LogP contribution in [0.2, 0.25) is 5.02 Å². The summed E-state index contributed by atoms with van der Waals surface area (Å²) >= 11 is 6.22. The summed E-state index contributed by atoms with van der Waals surface area (Å²) in [5.41, 5.74) is 2.92. The molecular weight excluding hydrogens is 383 g/mol. The molecule has 140 valence electrons. The fourth-order valence-corrected chi connectivity index (χ4v) is 3.55. The molecule has 0 bridgehead atoms. The molecule has 3 aromatic carbocycles. The van der Waals surface area contributed by atoms with Gasteiger partial charge in [0.1, 0.15) is 0 Å². The fourth-order valence-electron chi connectivity index (χ4n) is 3.38. The van der Waals surface area contributed by atoms with Gasteiger partial charge in [-0.3, -0.25) is 4.98 Å². The van der Waals surface area contributed by atoms with Crippen molar-refractivity contribution in [3.05, 3.63) is 89.6 Å². The van der Waals surface area contributed by atoms with Crippen molar-refractivity contribution in [1.29, 1.82) is 0 Å². The zero-order chi connectivity index (χ0) is 19.7. The molecule has 5 heteroatoms. The van der Waals surface area contributed by atoms with Crippen LogP contribution in [0.15, 0.2) is 78.9 Å². The Kier molecular flexibility index (Phi) is 4.82. The zero-order valence-electron chi connectivity index (χ0n) is 14.7. The molecule has 4 rings (SSSR count). The van der Waals surface area contributed by atoms with E-state index in [2.05, 4.69) is 4.98 Å². The number of aromatic nitrogens is 1. The van der Waals surface area contributed by atoms with Gasteiger partial charge in [-0.15, -0.1) is 0 Å². The average Bonchev–Trinajstić information content (AvgIpc) is 2.67. The van der Waals surface area contributed by atoms with Crippen molar-refractivity contribution in [2.45, 2.75) is 12.6 Å². The number of benzene rings is 3. The first kappa shape index (κ1) is 18.5.